The predicted molar refractivity (Wildman–Crippen MR) is 136 cm³/mol. The van der Waals surface area contributed by atoms with Gasteiger partial charge in [-0.25, -0.2) is 4.68 Å². The van der Waals surface area contributed by atoms with Crippen LogP contribution in [0.2, 0.25) is 5.02 Å². The lowest BCUT2D eigenvalue weighted by atomic mass is 10.2. The van der Waals surface area contributed by atoms with E-state index in [0.29, 0.717) is 21.6 Å². The third kappa shape index (κ3) is 5.30. The number of fused-ring (bicyclic) bond motifs is 1. The Morgan fingerprint density at radius 3 is 2.44 bits per heavy atom. The van der Waals surface area contributed by atoms with E-state index in [-0.39, 0.29) is 12.2 Å². The Hall–Kier alpha value is -3.62. The second kappa shape index (κ2) is 10.1. The maximum Gasteiger partial charge on any atom is 0.328 e. The molecule has 0 saturated heterocycles. The third-order valence-corrected chi connectivity index (χ3v) is 6.04. The first-order valence-corrected chi connectivity index (χ1v) is 11.5. The lowest BCUT2D eigenvalue weighted by molar-refractivity contribution is -0.136. The number of aryl methyl sites for hydroxylation is 1. The molecule has 0 aliphatic carbocycles. The van der Waals surface area contributed by atoms with Gasteiger partial charge in [0, 0.05) is 27.1 Å². The Bertz CT molecular complexity index is 1400. The zero-order valence-electron chi connectivity index (χ0n) is 18.1. The van der Waals surface area contributed by atoms with Crippen molar-refractivity contribution in [3.63, 3.8) is 0 Å². The highest BCUT2D eigenvalue weighted by molar-refractivity contribution is 9.10. The Labute approximate surface area is 209 Å². The first-order valence-electron chi connectivity index (χ1n) is 10.3. The van der Waals surface area contributed by atoms with Gasteiger partial charge in [0.05, 0.1) is 5.52 Å². The number of carbonyl (C=O) groups excluding carboxylic acids is 3. The second-order valence-corrected chi connectivity index (χ2v) is 8.92. The molecule has 1 heterocycles. The molecule has 7 nitrogen and oxygen atoms in total. The van der Waals surface area contributed by atoms with E-state index in [2.05, 4.69) is 32.0 Å². The summed E-state index contributed by atoms with van der Waals surface area (Å²) in [5.41, 5.74) is 5.49. The molecule has 34 heavy (non-hydrogen) atoms. The van der Waals surface area contributed by atoms with Crippen molar-refractivity contribution >= 4 is 61.8 Å². The van der Waals surface area contributed by atoms with Gasteiger partial charge < -0.3 is 10.6 Å². The third-order valence-electron chi connectivity index (χ3n) is 5.14. The zero-order chi connectivity index (χ0) is 24.2. The van der Waals surface area contributed by atoms with Gasteiger partial charge in [-0.05, 0) is 54.4 Å². The molecule has 1 aromatic heterocycles. The maximum atomic E-state index is 13.1. The first kappa shape index (κ1) is 23.5. The van der Waals surface area contributed by atoms with Crippen molar-refractivity contribution in [1.82, 2.24) is 9.99 Å². The Morgan fingerprint density at radius 1 is 0.941 bits per heavy atom. The number of hydrogen-bond acceptors (Lipinski definition) is 3. The number of halogens is 2. The van der Waals surface area contributed by atoms with Crippen molar-refractivity contribution in [3.8, 4) is 0 Å². The van der Waals surface area contributed by atoms with E-state index in [9.17, 15) is 14.4 Å². The average Bonchev–Trinajstić information content (AvgIpc) is 3.17. The molecule has 0 atom stereocenters. The molecular weight excluding hydrogens is 520 g/mol. The molecule has 3 N–H and O–H groups in total. The molecule has 0 fully saturated rings. The van der Waals surface area contributed by atoms with E-state index in [0.717, 1.165) is 15.6 Å². The Morgan fingerprint density at radius 2 is 1.71 bits per heavy atom. The number of anilines is 1. The Kier molecular flexibility index (Phi) is 7.00. The van der Waals surface area contributed by atoms with Crippen LogP contribution in [0.4, 0.5) is 5.69 Å². The highest BCUT2D eigenvalue weighted by atomic mass is 79.9. The van der Waals surface area contributed by atoms with Crippen LogP contribution >= 0.6 is 27.5 Å². The van der Waals surface area contributed by atoms with Gasteiger partial charge >= 0.3 is 11.8 Å². The molecule has 0 aliphatic heterocycles. The molecule has 0 unspecified atom stereocenters. The normalized spacial score (nSPS) is 10.7. The number of nitrogens with zero attached hydrogens (tertiary/aromatic N) is 1. The summed E-state index contributed by atoms with van der Waals surface area (Å²) in [6.45, 7) is 2.07. The fourth-order valence-electron chi connectivity index (χ4n) is 3.35. The van der Waals surface area contributed by atoms with Gasteiger partial charge in [0.15, 0.2) is 0 Å². The summed E-state index contributed by atoms with van der Waals surface area (Å²) in [7, 11) is 0. The largest absolute Gasteiger partial charge is 0.344 e. The molecule has 3 amide bonds. The van der Waals surface area contributed by atoms with Gasteiger partial charge in [0.2, 0.25) is 0 Å². The fourth-order valence-corrected chi connectivity index (χ4v) is 3.91. The molecule has 9 heteroatoms. The zero-order valence-corrected chi connectivity index (χ0v) is 20.4. The van der Waals surface area contributed by atoms with Crippen LogP contribution in [0.25, 0.3) is 10.9 Å². The van der Waals surface area contributed by atoms with Crippen molar-refractivity contribution < 1.29 is 14.4 Å². The number of hydrogen-bond donors (Lipinski definition) is 3. The summed E-state index contributed by atoms with van der Waals surface area (Å²) in [5, 5.41) is 6.58. The fraction of sp³-hybridized carbons (Fsp3) is 0.0800. The molecule has 4 rings (SSSR count). The molecule has 0 bridgehead atoms. The lowest BCUT2D eigenvalue weighted by Gasteiger charge is -2.13. The highest BCUT2D eigenvalue weighted by Gasteiger charge is 2.21. The molecule has 172 valence electrons. The Balaban J connectivity index is 1.58. The molecule has 3 aromatic carbocycles. The van der Waals surface area contributed by atoms with E-state index in [1.165, 1.54) is 4.68 Å². The van der Waals surface area contributed by atoms with Crippen LogP contribution in [0.15, 0.2) is 77.3 Å². The lowest BCUT2D eigenvalue weighted by Crippen LogP contribution is -2.39. The molecular formula is C25H20BrClN4O3. The number of benzene rings is 3. The van der Waals surface area contributed by atoms with Crippen molar-refractivity contribution in [3.05, 3.63) is 99.1 Å². The van der Waals surface area contributed by atoms with Gasteiger partial charge in [-0.15, -0.1) is 0 Å². The maximum absolute atomic E-state index is 13.1. The minimum absolute atomic E-state index is 0.147. The van der Waals surface area contributed by atoms with Crippen molar-refractivity contribution in [2.24, 2.45) is 0 Å². The number of aromatic nitrogens is 1. The van der Waals surface area contributed by atoms with Crippen LogP contribution in [0.1, 0.15) is 21.6 Å². The van der Waals surface area contributed by atoms with Gasteiger partial charge in [-0.1, -0.05) is 63.9 Å². The summed E-state index contributed by atoms with van der Waals surface area (Å²) < 4.78 is 2.11. The summed E-state index contributed by atoms with van der Waals surface area (Å²) in [6.07, 6.45) is 0. The summed E-state index contributed by atoms with van der Waals surface area (Å²) >= 11 is 9.58. The summed E-state index contributed by atoms with van der Waals surface area (Å²) in [5.74, 6) is -2.19. The second-order valence-electron chi connectivity index (χ2n) is 7.60. The van der Waals surface area contributed by atoms with Gasteiger partial charge in [-0.3, -0.25) is 19.8 Å². The van der Waals surface area contributed by atoms with Crippen molar-refractivity contribution in [2.45, 2.75) is 13.5 Å². The number of amides is 3. The van der Waals surface area contributed by atoms with E-state index in [4.69, 9.17) is 11.6 Å². The van der Waals surface area contributed by atoms with E-state index in [1.54, 1.807) is 36.4 Å². The van der Waals surface area contributed by atoms with E-state index >= 15 is 0 Å². The quantitative estimate of drug-likeness (QED) is 0.312. The van der Waals surface area contributed by atoms with Crippen LogP contribution in [-0.2, 0) is 16.1 Å². The van der Waals surface area contributed by atoms with Gasteiger partial charge in [0.25, 0.3) is 5.91 Å². The van der Waals surface area contributed by atoms with Gasteiger partial charge in [0.1, 0.15) is 5.69 Å². The monoisotopic (exact) mass is 538 g/mol. The van der Waals surface area contributed by atoms with Crippen LogP contribution < -0.4 is 16.1 Å². The minimum atomic E-state index is -0.899. The van der Waals surface area contributed by atoms with Crippen LogP contribution in [0, 0.1) is 6.92 Å². The topological polar surface area (TPSA) is 92.2 Å². The van der Waals surface area contributed by atoms with Crippen LogP contribution in [0.5, 0.6) is 0 Å². The highest BCUT2D eigenvalue weighted by Crippen LogP contribution is 2.25. The van der Waals surface area contributed by atoms with E-state index in [1.807, 2.05) is 43.3 Å². The number of rotatable bonds is 5. The number of carbonyl (C=O) groups is 3. The standard InChI is InChI=1S/C25H20BrClN4O3/c1-15-7-9-19(13-20(15)27)29-23(32)22-12-17-11-18(26)8-10-21(17)31(22)30-25(34)24(33)28-14-16-5-3-2-4-6-16/h2-13H,14H2,1H3,(H,28,33)(H,29,32)(H,30,34). The number of nitrogens with one attached hydrogen (secondary N) is 3. The predicted octanol–water partition coefficient (Wildman–Crippen LogP) is 5.00. The van der Waals surface area contributed by atoms with Crippen molar-refractivity contribution in [2.75, 3.05) is 10.7 Å². The average molecular weight is 540 g/mol. The molecule has 0 aliphatic rings. The SMILES string of the molecule is Cc1ccc(NC(=O)c2cc3cc(Br)ccc3n2NC(=O)C(=O)NCc2ccccc2)cc1Cl. The van der Waals surface area contributed by atoms with Crippen molar-refractivity contribution in [1.29, 1.82) is 0 Å². The molecule has 0 saturated carbocycles. The molecule has 0 radical (unpaired) electrons. The van der Waals surface area contributed by atoms with E-state index < -0.39 is 17.7 Å². The molecule has 4 aromatic rings. The van der Waals surface area contributed by atoms with Crippen LogP contribution in [-0.4, -0.2) is 22.4 Å². The smallest absolute Gasteiger partial charge is 0.328 e. The molecule has 0 spiro atoms. The van der Waals surface area contributed by atoms with Crippen LogP contribution in [0.3, 0.4) is 0 Å². The van der Waals surface area contributed by atoms with Gasteiger partial charge in [-0.2, -0.15) is 0 Å². The summed E-state index contributed by atoms with van der Waals surface area (Å²) in [6, 6.07) is 21.4. The summed E-state index contributed by atoms with van der Waals surface area (Å²) in [4.78, 5) is 38.2. The minimum Gasteiger partial charge on any atom is -0.344 e. The first-order chi connectivity index (χ1) is 16.3.